The fourth-order valence-corrected chi connectivity index (χ4v) is 4.27. The molecule has 1 N–H and O–H groups in total. The number of urea groups is 1. The molecule has 2 aromatic carbocycles. The zero-order chi connectivity index (χ0) is 19.1. The Kier molecular flexibility index (Phi) is 4.38. The van der Waals surface area contributed by atoms with Crippen LogP contribution in [0.15, 0.2) is 36.4 Å². The van der Waals surface area contributed by atoms with E-state index in [1.54, 1.807) is 4.90 Å². The Morgan fingerprint density at radius 3 is 2.52 bits per heavy atom. The Bertz CT molecular complexity index is 902. The first-order valence-electron chi connectivity index (χ1n) is 9.44. The zero-order valence-electron chi connectivity index (χ0n) is 16.1. The summed E-state index contributed by atoms with van der Waals surface area (Å²) in [4.78, 5) is 29.1. The summed E-state index contributed by atoms with van der Waals surface area (Å²) < 4.78 is 0. The van der Waals surface area contributed by atoms with Crippen molar-refractivity contribution in [1.82, 2.24) is 9.80 Å². The standard InChI is InChI=1S/C22H25N3O2/c1-14-4-5-19-17(9-14)6-7-25-20(19)12-24(13-21(25)26)22(27)23-18-10-15(2)8-16(3)11-18/h4-5,8-11,20H,6-7,12-13H2,1-3H3,(H,23,27). The minimum atomic E-state index is -0.216. The first-order valence-corrected chi connectivity index (χ1v) is 9.44. The summed E-state index contributed by atoms with van der Waals surface area (Å²) in [5.41, 5.74) is 6.66. The highest BCUT2D eigenvalue weighted by atomic mass is 16.2. The van der Waals surface area contributed by atoms with Crippen molar-refractivity contribution in [1.29, 1.82) is 0 Å². The molecule has 2 aliphatic heterocycles. The van der Waals surface area contributed by atoms with Crippen LogP contribution in [0.25, 0.3) is 0 Å². The number of piperazine rings is 1. The molecular weight excluding hydrogens is 338 g/mol. The van der Waals surface area contributed by atoms with Crippen LogP contribution >= 0.6 is 0 Å². The second-order valence-corrected chi connectivity index (χ2v) is 7.74. The first kappa shape index (κ1) is 17.6. The van der Waals surface area contributed by atoms with Crippen LogP contribution in [0, 0.1) is 20.8 Å². The summed E-state index contributed by atoms with van der Waals surface area (Å²) in [7, 11) is 0. The van der Waals surface area contributed by atoms with Gasteiger partial charge in [0.2, 0.25) is 5.91 Å². The Labute approximate surface area is 160 Å². The van der Waals surface area contributed by atoms with E-state index in [-0.39, 0.29) is 24.5 Å². The number of hydrogen-bond donors (Lipinski definition) is 1. The molecule has 4 rings (SSSR count). The molecule has 1 fully saturated rings. The van der Waals surface area contributed by atoms with Crippen molar-refractivity contribution in [3.63, 3.8) is 0 Å². The lowest BCUT2D eigenvalue weighted by atomic mass is 9.89. The number of carbonyl (C=O) groups excluding carboxylic acids is 2. The average molecular weight is 363 g/mol. The maximum Gasteiger partial charge on any atom is 0.322 e. The second-order valence-electron chi connectivity index (χ2n) is 7.74. The van der Waals surface area contributed by atoms with Gasteiger partial charge in [-0.1, -0.05) is 29.8 Å². The van der Waals surface area contributed by atoms with Crippen LogP contribution in [-0.2, 0) is 11.2 Å². The molecule has 0 aliphatic carbocycles. The van der Waals surface area contributed by atoms with E-state index in [4.69, 9.17) is 0 Å². The molecule has 1 saturated heterocycles. The molecule has 5 nitrogen and oxygen atoms in total. The van der Waals surface area contributed by atoms with Gasteiger partial charge in [0.25, 0.3) is 0 Å². The van der Waals surface area contributed by atoms with Crippen molar-refractivity contribution in [3.8, 4) is 0 Å². The predicted molar refractivity (Wildman–Crippen MR) is 106 cm³/mol. The molecule has 1 unspecified atom stereocenters. The number of amides is 3. The average Bonchev–Trinajstić information content (AvgIpc) is 2.60. The van der Waals surface area contributed by atoms with Crippen LogP contribution in [0.3, 0.4) is 0 Å². The third kappa shape index (κ3) is 3.42. The van der Waals surface area contributed by atoms with E-state index in [9.17, 15) is 9.59 Å². The van der Waals surface area contributed by atoms with E-state index in [0.717, 1.165) is 29.8 Å². The molecule has 2 aromatic rings. The van der Waals surface area contributed by atoms with Gasteiger partial charge in [-0.2, -0.15) is 0 Å². The smallest absolute Gasteiger partial charge is 0.322 e. The van der Waals surface area contributed by atoms with Crippen molar-refractivity contribution < 1.29 is 9.59 Å². The molecule has 3 amide bonds. The Hall–Kier alpha value is -2.82. The largest absolute Gasteiger partial charge is 0.332 e. The number of nitrogens with zero attached hydrogens (tertiary/aromatic N) is 2. The Morgan fingerprint density at radius 1 is 1.04 bits per heavy atom. The maximum atomic E-state index is 12.8. The van der Waals surface area contributed by atoms with Gasteiger partial charge >= 0.3 is 6.03 Å². The third-order valence-electron chi connectivity index (χ3n) is 5.46. The third-order valence-corrected chi connectivity index (χ3v) is 5.46. The van der Waals surface area contributed by atoms with E-state index < -0.39 is 0 Å². The van der Waals surface area contributed by atoms with Gasteiger partial charge in [-0.15, -0.1) is 0 Å². The molecule has 0 saturated carbocycles. The highest BCUT2D eigenvalue weighted by Gasteiger charge is 2.38. The SMILES string of the molecule is Cc1cc(C)cc(NC(=O)N2CC(=O)N3CCc4cc(C)ccc4C3C2)c1. The lowest BCUT2D eigenvalue weighted by Crippen LogP contribution is -2.56. The van der Waals surface area contributed by atoms with Crippen LogP contribution in [0.5, 0.6) is 0 Å². The molecule has 0 radical (unpaired) electrons. The topological polar surface area (TPSA) is 52.7 Å². The lowest BCUT2D eigenvalue weighted by Gasteiger charge is -2.44. The van der Waals surface area contributed by atoms with Crippen LogP contribution < -0.4 is 5.32 Å². The molecule has 27 heavy (non-hydrogen) atoms. The van der Waals surface area contributed by atoms with Crippen LogP contribution in [0.1, 0.15) is 33.9 Å². The van der Waals surface area contributed by atoms with Crippen molar-refractivity contribution in [2.24, 2.45) is 0 Å². The summed E-state index contributed by atoms with van der Waals surface area (Å²) in [5, 5.41) is 2.96. The number of benzene rings is 2. The van der Waals surface area contributed by atoms with Crippen molar-refractivity contribution in [2.45, 2.75) is 33.2 Å². The van der Waals surface area contributed by atoms with Crippen LogP contribution in [-0.4, -0.2) is 41.4 Å². The maximum absolute atomic E-state index is 12.8. The van der Waals surface area contributed by atoms with E-state index in [0.29, 0.717) is 6.54 Å². The molecule has 0 bridgehead atoms. The van der Waals surface area contributed by atoms with E-state index in [2.05, 4.69) is 36.5 Å². The summed E-state index contributed by atoms with van der Waals surface area (Å²) in [5.74, 6) is 0.0213. The number of nitrogens with one attached hydrogen (secondary N) is 1. The summed E-state index contributed by atoms with van der Waals surface area (Å²) in [6.07, 6.45) is 0.883. The molecular formula is C22H25N3O2. The van der Waals surface area contributed by atoms with Gasteiger partial charge in [0.15, 0.2) is 0 Å². The highest BCUT2D eigenvalue weighted by Crippen LogP contribution is 2.33. The molecule has 0 aromatic heterocycles. The first-order chi connectivity index (χ1) is 12.9. The van der Waals surface area contributed by atoms with Crippen molar-refractivity contribution in [3.05, 3.63) is 64.2 Å². The molecule has 5 heteroatoms. The van der Waals surface area contributed by atoms with Crippen molar-refractivity contribution >= 4 is 17.6 Å². The number of rotatable bonds is 1. The number of aryl methyl sites for hydroxylation is 3. The highest BCUT2D eigenvalue weighted by molar-refractivity contribution is 5.93. The van der Waals surface area contributed by atoms with E-state index >= 15 is 0 Å². The van der Waals surface area contributed by atoms with Gasteiger partial charge < -0.3 is 15.1 Å². The quantitative estimate of drug-likeness (QED) is 0.842. The van der Waals surface area contributed by atoms with Gasteiger partial charge in [-0.25, -0.2) is 4.79 Å². The minimum absolute atomic E-state index is 0.0213. The summed E-state index contributed by atoms with van der Waals surface area (Å²) >= 11 is 0. The molecule has 1 atom stereocenters. The molecule has 0 spiro atoms. The second kappa shape index (κ2) is 6.72. The fraction of sp³-hybridized carbons (Fsp3) is 0.364. The van der Waals surface area contributed by atoms with E-state index in [1.807, 2.05) is 30.9 Å². The van der Waals surface area contributed by atoms with Crippen LogP contribution in [0.2, 0.25) is 0 Å². The number of anilines is 1. The van der Waals surface area contributed by atoms with Crippen LogP contribution in [0.4, 0.5) is 10.5 Å². The number of fused-ring (bicyclic) bond motifs is 3. The van der Waals surface area contributed by atoms with Gasteiger partial charge in [0.1, 0.15) is 6.54 Å². The molecule has 2 heterocycles. The normalized spacial score (nSPS) is 18.8. The van der Waals surface area contributed by atoms with Gasteiger partial charge in [-0.3, -0.25) is 4.79 Å². The summed E-state index contributed by atoms with van der Waals surface area (Å²) in [6, 6.07) is 12.1. The number of carbonyl (C=O) groups is 2. The monoisotopic (exact) mass is 363 g/mol. The fourth-order valence-electron chi connectivity index (χ4n) is 4.27. The minimum Gasteiger partial charge on any atom is -0.332 e. The van der Waals surface area contributed by atoms with Crippen molar-refractivity contribution in [2.75, 3.05) is 25.0 Å². The van der Waals surface area contributed by atoms with Gasteiger partial charge in [0, 0.05) is 18.8 Å². The summed E-state index contributed by atoms with van der Waals surface area (Å²) in [6.45, 7) is 7.49. The van der Waals surface area contributed by atoms with Gasteiger partial charge in [-0.05, 0) is 61.6 Å². The predicted octanol–water partition coefficient (Wildman–Crippen LogP) is 3.59. The Balaban J connectivity index is 1.56. The van der Waals surface area contributed by atoms with Gasteiger partial charge in [0.05, 0.1) is 6.04 Å². The lowest BCUT2D eigenvalue weighted by molar-refractivity contribution is -0.139. The molecule has 140 valence electrons. The number of hydrogen-bond acceptors (Lipinski definition) is 2. The zero-order valence-corrected chi connectivity index (χ0v) is 16.1. The molecule has 2 aliphatic rings. The Morgan fingerprint density at radius 2 is 1.78 bits per heavy atom. The van der Waals surface area contributed by atoms with E-state index in [1.165, 1.54) is 16.7 Å².